The molecule has 0 spiro atoms. The van der Waals surface area contributed by atoms with Gasteiger partial charge in [0.05, 0.1) is 16.6 Å². The van der Waals surface area contributed by atoms with Crippen molar-refractivity contribution in [3.63, 3.8) is 0 Å². The number of sulfonamides is 1. The van der Waals surface area contributed by atoms with Crippen LogP contribution in [0.4, 0.5) is 5.69 Å². The predicted molar refractivity (Wildman–Crippen MR) is 93.3 cm³/mol. The summed E-state index contributed by atoms with van der Waals surface area (Å²) in [4.78, 5) is 22.9. The maximum atomic E-state index is 12.4. The van der Waals surface area contributed by atoms with Gasteiger partial charge in [0.25, 0.3) is 5.69 Å². The number of nitro benzene ring substituents is 1. The third-order valence-electron chi connectivity index (χ3n) is 4.25. The second-order valence-electron chi connectivity index (χ2n) is 6.12. The summed E-state index contributed by atoms with van der Waals surface area (Å²) >= 11 is 0. The molecule has 0 radical (unpaired) electrons. The van der Waals surface area contributed by atoms with Gasteiger partial charge in [0.1, 0.15) is 0 Å². The molecule has 1 amide bonds. The Morgan fingerprint density at radius 2 is 2.12 bits per heavy atom. The minimum absolute atomic E-state index is 0.0430. The normalized spacial score (nSPS) is 18.7. The third-order valence-corrected chi connectivity index (χ3v) is 6.29. The van der Waals surface area contributed by atoms with Gasteiger partial charge in [0, 0.05) is 31.3 Å². The molecule has 1 aromatic carbocycles. The Morgan fingerprint density at radius 1 is 1.40 bits per heavy atom. The zero-order valence-electron chi connectivity index (χ0n) is 14.2. The Bertz CT molecular complexity index is 735. The largest absolute Gasteiger partial charge is 0.351 e. The first kappa shape index (κ1) is 19.3. The Kier molecular flexibility index (Phi) is 6.49. The smallest absolute Gasteiger partial charge is 0.274 e. The molecule has 0 aromatic heterocycles. The van der Waals surface area contributed by atoms with Crippen molar-refractivity contribution in [1.82, 2.24) is 9.62 Å². The van der Waals surface area contributed by atoms with Gasteiger partial charge in [-0.15, -0.1) is 0 Å². The number of nitrogens with one attached hydrogen (secondary N) is 1. The first-order valence-corrected chi connectivity index (χ1v) is 9.94. The van der Waals surface area contributed by atoms with Gasteiger partial charge in [-0.1, -0.05) is 25.1 Å². The van der Waals surface area contributed by atoms with Gasteiger partial charge in [0.2, 0.25) is 15.9 Å². The van der Waals surface area contributed by atoms with Crippen LogP contribution in [0.2, 0.25) is 0 Å². The molecule has 9 heteroatoms. The molecule has 0 bridgehead atoms. The highest BCUT2D eigenvalue weighted by molar-refractivity contribution is 7.89. The molecule has 1 heterocycles. The summed E-state index contributed by atoms with van der Waals surface area (Å²) in [5.74, 6) is -0.616. The van der Waals surface area contributed by atoms with E-state index in [4.69, 9.17) is 0 Å². The highest BCUT2D eigenvalue weighted by Gasteiger charge is 2.31. The molecular weight excluding hydrogens is 346 g/mol. The maximum absolute atomic E-state index is 12.4. The van der Waals surface area contributed by atoms with Crippen molar-refractivity contribution in [2.24, 2.45) is 5.92 Å². The molecule has 1 aromatic rings. The molecule has 0 aliphatic carbocycles. The van der Waals surface area contributed by atoms with Gasteiger partial charge >= 0.3 is 0 Å². The van der Waals surface area contributed by atoms with E-state index in [-0.39, 0.29) is 30.4 Å². The number of piperidine rings is 1. The van der Waals surface area contributed by atoms with E-state index in [0.717, 1.165) is 0 Å². The van der Waals surface area contributed by atoms with Crippen molar-refractivity contribution < 1.29 is 18.1 Å². The van der Waals surface area contributed by atoms with Crippen LogP contribution in [0.25, 0.3) is 0 Å². The van der Waals surface area contributed by atoms with Gasteiger partial charge in [-0.2, -0.15) is 0 Å². The van der Waals surface area contributed by atoms with Crippen molar-refractivity contribution in [2.45, 2.75) is 32.7 Å². The van der Waals surface area contributed by atoms with Crippen LogP contribution in [0.1, 0.15) is 31.7 Å². The van der Waals surface area contributed by atoms with Gasteiger partial charge in [-0.25, -0.2) is 12.7 Å². The second-order valence-corrected chi connectivity index (χ2v) is 8.21. The molecule has 1 saturated heterocycles. The number of hydrogen-bond acceptors (Lipinski definition) is 5. The summed E-state index contributed by atoms with van der Waals surface area (Å²) in [6.07, 6.45) is 1.78. The Labute approximate surface area is 147 Å². The van der Waals surface area contributed by atoms with E-state index in [1.807, 2.05) is 0 Å². The van der Waals surface area contributed by atoms with Crippen LogP contribution in [-0.4, -0.2) is 42.4 Å². The molecule has 1 atom stereocenters. The van der Waals surface area contributed by atoms with Crippen molar-refractivity contribution in [3.8, 4) is 0 Å². The predicted octanol–water partition coefficient (Wildman–Crippen LogP) is 1.66. The van der Waals surface area contributed by atoms with E-state index in [0.29, 0.717) is 31.4 Å². The molecule has 1 unspecified atom stereocenters. The average Bonchev–Trinajstić information content (AvgIpc) is 2.60. The monoisotopic (exact) mass is 369 g/mol. The number of benzene rings is 1. The molecular formula is C16H23N3O5S. The summed E-state index contributed by atoms with van der Waals surface area (Å²) in [5.41, 5.74) is 0.380. The number of hydrogen-bond donors (Lipinski definition) is 1. The van der Waals surface area contributed by atoms with Gasteiger partial charge in [0.15, 0.2) is 0 Å². The SMILES string of the molecule is CCCS(=O)(=O)N1CCCC(C(=O)NCc2ccccc2[N+](=O)[O-])C1. The summed E-state index contributed by atoms with van der Waals surface area (Å²) in [6.45, 7) is 2.47. The topological polar surface area (TPSA) is 110 Å². The summed E-state index contributed by atoms with van der Waals surface area (Å²) < 4.78 is 25.7. The van der Waals surface area contributed by atoms with Gasteiger partial charge < -0.3 is 5.32 Å². The van der Waals surface area contributed by atoms with Crippen LogP contribution < -0.4 is 5.32 Å². The highest BCUT2D eigenvalue weighted by Crippen LogP contribution is 2.21. The van der Waals surface area contributed by atoms with E-state index in [1.54, 1.807) is 25.1 Å². The van der Waals surface area contributed by atoms with Crippen LogP contribution in [-0.2, 0) is 21.4 Å². The van der Waals surface area contributed by atoms with Crippen molar-refractivity contribution in [2.75, 3.05) is 18.8 Å². The number of nitrogens with zero attached hydrogens (tertiary/aromatic N) is 2. The number of carbonyl (C=O) groups is 1. The van der Waals surface area contributed by atoms with Gasteiger partial charge in [-0.3, -0.25) is 14.9 Å². The lowest BCUT2D eigenvalue weighted by molar-refractivity contribution is -0.385. The Balaban J connectivity index is 1.98. The number of rotatable bonds is 7. The lowest BCUT2D eigenvalue weighted by Gasteiger charge is -2.31. The van der Waals surface area contributed by atoms with Crippen molar-refractivity contribution in [3.05, 3.63) is 39.9 Å². The molecule has 0 saturated carbocycles. The maximum Gasteiger partial charge on any atom is 0.274 e. The number of carbonyl (C=O) groups excluding carboxylic acids is 1. The lowest BCUT2D eigenvalue weighted by atomic mass is 9.98. The first-order chi connectivity index (χ1) is 11.8. The van der Waals surface area contributed by atoms with Crippen LogP contribution in [0.3, 0.4) is 0 Å². The van der Waals surface area contributed by atoms with Crippen LogP contribution >= 0.6 is 0 Å². The molecule has 25 heavy (non-hydrogen) atoms. The average molecular weight is 369 g/mol. The van der Waals surface area contributed by atoms with E-state index in [1.165, 1.54) is 10.4 Å². The fourth-order valence-corrected chi connectivity index (χ4v) is 4.55. The summed E-state index contributed by atoms with van der Waals surface area (Å²) in [6, 6.07) is 6.23. The first-order valence-electron chi connectivity index (χ1n) is 8.33. The number of amides is 1. The van der Waals surface area contributed by atoms with E-state index in [9.17, 15) is 23.3 Å². The highest BCUT2D eigenvalue weighted by atomic mass is 32.2. The molecule has 2 rings (SSSR count). The second kappa shape index (κ2) is 8.39. The summed E-state index contributed by atoms with van der Waals surface area (Å²) in [5, 5.41) is 13.7. The molecule has 1 aliphatic heterocycles. The minimum Gasteiger partial charge on any atom is -0.351 e. The third kappa shape index (κ3) is 4.99. The molecule has 1 aliphatic rings. The van der Waals surface area contributed by atoms with Gasteiger partial charge in [-0.05, 0) is 19.3 Å². The summed E-state index contributed by atoms with van der Waals surface area (Å²) in [7, 11) is -3.32. The van der Waals surface area contributed by atoms with E-state index in [2.05, 4.69) is 5.32 Å². The zero-order valence-corrected chi connectivity index (χ0v) is 15.0. The quantitative estimate of drug-likeness (QED) is 0.581. The lowest BCUT2D eigenvalue weighted by Crippen LogP contribution is -2.45. The fourth-order valence-electron chi connectivity index (χ4n) is 2.96. The zero-order chi connectivity index (χ0) is 18.4. The molecule has 8 nitrogen and oxygen atoms in total. The van der Waals surface area contributed by atoms with Crippen molar-refractivity contribution >= 4 is 21.6 Å². The Morgan fingerprint density at radius 3 is 2.80 bits per heavy atom. The van der Waals surface area contributed by atoms with Crippen molar-refractivity contribution in [1.29, 1.82) is 0 Å². The Hall–Kier alpha value is -2.00. The fraction of sp³-hybridized carbons (Fsp3) is 0.562. The number of nitro groups is 1. The van der Waals surface area contributed by atoms with Crippen LogP contribution in [0.15, 0.2) is 24.3 Å². The van der Waals surface area contributed by atoms with E-state index >= 15 is 0 Å². The molecule has 1 N–H and O–H groups in total. The molecule has 138 valence electrons. The van der Waals surface area contributed by atoms with Crippen LogP contribution in [0.5, 0.6) is 0 Å². The standard InChI is InChI=1S/C16H23N3O5S/c1-2-10-25(23,24)18-9-5-7-14(12-18)16(20)17-11-13-6-3-4-8-15(13)19(21)22/h3-4,6,8,14H,2,5,7,9-12H2,1H3,(H,17,20). The van der Waals surface area contributed by atoms with Crippen LogP contribution in [0, 0.1) is 16.0 Å². The minimum atomic E-state index is -3.32. The molecule has 1 fully saturated rings. The van der Waals surface area contributed by atoms with E-state index < -0.39 is 20.9 Å². The number of para-hydroxylation sites is 1.